The second-order valence-electron chi connectivity index (χ2n) is 2.70. The quantitative estimate of drug-likeness (QED) is 0.837. The minimum atomic E-state index is 0.720. The summed E-state index contributed by atoms with van der Waals surface area (Å²) < 4.78 is 1.21. The van der Waals surface area contributed by atoms with Gasteiger partial charge in [-0.15, -0.1) is 0 Å². The van der Waals surface area contributed by atoms with Crippen molar-refractivity contribution >= 4 is 49.7 Å². The van der Waals surface area contributed by atoms with Crippen molar-refractivity contribution in [3.63, 3.8) is 0 Å². The Kier molecular flexibility index (Phi) is 2.87. The number of hydrogen-bond acceptors (Lipinski definition) is 4. The summed E-state index contributed by atoms with van der Waals surface area (Å²) in [6, 6.07) is 8.11. The van der Waals surface area contributed by atoms with E-state index >= 15 is 0 Å². The van der Waals surface area contributed by atoms with Crippen LogP contribution in [0.5, 0.6) is 0 Å². The van der Waals surface area contributed by atoms with Crippen LogP contribution in [0.25, 0.3) is 0 Å². The third kappa shape index (κ3) is 2.36. The molecule has 1 heterocycles. The number of nitrogen functional groups attached to an aromatic ring is 1. The monoisotopic (exact) mass is 317 g/mol. The highest BCUT2D eigenvalue weighted by atomic mass is 127. The first-order chi connectivity index (χ1) is 6.74. The molecule has 0 atom stereocenters. The van der Waals surface area contributed by atoms with Crippen LogP contribution in [-0.2, 0) is 0 Å². The maximum Gasteiger partial charge on any atom is 0.189 e. The summed E-state index contributed by atoms with van der Waals surface area (Å²) in [6.07, 6.45) is 1.65. The fraction of sp³-hybridized carbons (Fsp3) is 0. The Morgan fingerprint density at radius 3 is 2.57 bits per heavy atom. The maximum atomic E-state index is 5.57. The molecule has 0 saturated carbocycles. The highest BCUT2D eigenvalue weighted by Gasteiger charge is 1.98. The van der Waals surface area contributed by atoms with Gasteiger partial charge in [0, 0.05) is 9.26 Å². The van der Waals surface area contributed by atoms with Gasteiger partial charge in [-0.1, -0.05) is 11.3 Å². The Bertz CT molecular complexity index is 424. The van der Waals surface area contributed by atoms with Crippen LogP contribution in [0.1, 0.15) is 0 Å². The number of hydrogen-bond donors (Lipinski definition) is 2. The van der Waals surface area contributed by atoms with E-state index in [1.807, 2.05) is 24.3 Å². The van der Waals surface area contributed by atoms with Crippen LogP contribution in [0, 0.1) is 3.57 Å². The lowest BCUT2D eigenvalue weighted by Crippen LogP contribution is -1.88. The smallest absolute Gasteiger partial charge is 0.189 e. The molecule has 3 N–H and O–H groups in total. The van der Waals surface area contributed by atoms with Crippen molar-refractivity contribution in [2.75, 3.05) is 11.1 Å². The van der Waals surface area contributed by atoms with Crippen LogP contribution < -0.4 is 11.1 Å². The average Bonchev–Trinajstić information content (AvgIpc) is 2.56. The zero-order valence-corrected chi connectivity index (χ0v) is 10.2. The van der Waals surface area contributed by atoms with Gasteiger partial charge in [-0.3, -0.25) is 0 Å². The minimum Gasteiger partial charge on any atom is -0.389 e. The fourth-order valence-corrected chi connectivity index (χ4v) is 1.96. The molecule has 0 aliphatic heterocycles. The maximum absolute atomic E-state index is 5.57. The number of thiazole rings is 1. The Labute approximate surface area is 99.5 Å². The van der Waals surface area contributed by atoms with E-state index in [4.69, 9.17) is 5.73 Å². The van der Waals surface area contributed by atoms with Crippen molar-refractivity contribution in [2.45, 2.75) is 0 Å². The summed E-state index contributed by atoms with van der Waals surface area (Å²) in [4.78, 5) is 4.11. The van der Waals surface area contributed by atoms with E-state index in [9.17, 15) is 0 Å². The summed E-state index contributed by atoms with van der Waals surface area (Å²) in [5, 5.41) is 4.72. The molecule has 1 aromatic carbocycles. The van der Waals surface area contributed by atoms with Crippen molar-refractivity contribution in [1.82, 2.24) is 4.98 Å². The average molecular weight is 317 g/mol. The normalized spacial score (nSPS) is 10.1. The van der Waals surface area contributed by atoms with Crippen molar-refractivity contribution in [2.24, 2.45) is 0 Å². The van der Waals surface area contributed by atoms with Crippen LogP contribution in [-0.4, -0.2) is 4.98 Å². The molecule has 72 valence electrons. The molecule has 14 heavy (non-hydrogen) atoms. The van der Waals surface area contributed by atoms with E-state index in [0.717, 1.165) is 15.8 Å². The summed E-state index contributed by atoms with van der Waals surface area (Å²) >= 11 is 3.71. The molecule has 0 fully saturated rings. The van der Waals surface area contributed by atoms with Crippen molar-refractivity contribution < 1.29 is 0 Å². The molecular formula is C9H8IN3S. The van der Waals surface area contributed by atoms with Gasteiger partial charge in [0.1, 0.15) is 5.00 Å². The topological polar surface area (TPSA) is 50.9 Å². The predicted octanol–water partition coefficient (Wildman–Crippen LogP) is 3.07. The van der Waals surface area contributed by atoms with Gasteiger partial charge >= 0.3 is 0 Å². The van der Waals surface area contributed by atoms with Gasteiger partial charge in [-0.2, -0.15) is 0 Å². The number of anilines is 3. The second-order valence-corrected chi connectivity index (χ2v) is 5.01. The summed E-state index contributed by atoms with van der Waals surface area (Å²) in [7, 11) is 0. The number of halogens is 1. The lowest BCUT2D eigenvalue weighted by atomic mass is 10.3. The summed E-state index contributed by atoms with van der Waals surface area (Å²) in [5.74, 6) is 0. The first-order valence-electron chi connectivity index (χ1n) is 3.98. The molecule has 3 nitrogen and oxygen atoms in total. The Balaban J connectivity index is 2.15. The minimum absolute atomic E-state index is 0.720. The molecule has 0 spiro atoms. The third-order valence-electron chi connectivity index (χ3n) is 1.62. The van der Waals surface area contributed by atoms with E-state index in [-0.39, 0.29) is 0 Å². The first kappa shape index (κ1) is 9.72. The molecule has 0 radical (unpaired) electrons. The summed E-state index contributed by atoms with van der Waals surface area (Å²) in [5.41, 5.74) is 6.60. The molecule has 2 rings (SSSR count). The van der Waals surface area contributed by atoms with Crippen molar-refractivity contribution in [3.8, 4) is 0 Å². The van der Waals surface area contributed by atoms with Gasteiger partial charge < -0.3 is 11.1 Å². The Hall–Kier alpha value is -0.820. The van der Waals surface area contributed by atoms with E-state index < -0.39 is 0 Å². The lowest BCUT2D eigenvalue weighted by Gasteiger charge is -2.01. The van der Waals surface area contributed by atoms with Crippen molar-refractivity contribution in [1.29, 1.82) is 0 Å². The lowest BCUT2D eigenvalue weighted by molar-refractivity contribution is 1.39. The molecule has 0 aliphatic rings. The van der Waals surface area contributed by atoms with Crippen LogP contribution in [0.2, 0.25) is 0 Å². The fourth-order valence-electron chi connectivity index (χ4n) is 1.00. The zero-order chi connectivity index (χ0) is 9.97. The molecular weight excluding hydrogens is 309 g/mol. The van der Waals surface area contributed by atoms with E-state index in [2.05, 4.69) is 32.9 Å². The molecule has 5 heteroatoms. The zero-order valence-electron chi connectivity index (χ0n) is 7.20. The molecule has 0 unspecified atom stereocenters. The van der Waals surface area contributed by atoms with Gasteiger partial charge in [-0.25, -0.2) is 4.98 Å². The number of nitrogens with two attached hydrogens (primary N) is 1. The molecule has 2 aromatic rings. The highest BCUT2D eigenvalue weighted by molar-refractivity contribution is 14.1. The largest absolute Gasteiger partial charge is 0.389 e. The first-order valence-corrected chi connectivity index (χ1v) is 5.87. The number of benzene rings is 1. The third-order valence-corrected chi connectivity index (χ3v) is 3.08. The van der Waals surface area contributed by atoms with Gasteiger partial charge in [0.2, 0.25) is 0 Å². The molecule has 0 aliphatic carbocycles. The standard InChI is InChI=1S/C9H8IN3S/c10-6-1-3-7(4-2-6)13-9-12-5-8(11)14-9/h1-5H,11H2,(H,12,13). The van der Waals surface area contributed by atoms with Gasteiger partial charge in [0.25, 0.3) is 0 Å². The van der Waals surface area contributed by atoms with Crippen LogP contribution >= 0.6 is 33.9 Å². The molecule has 0 amide bonds. The number of nitrogens with zero attached hydrogens (tertiary/aromatic N) is 1. The van der Waals surface area contributed by atoms with Gasteiger partial charge in [-0.05, 0) is 46.9 Å². The highest BCUT2D eigenvalue weighted by Crippen LogP contribution is 2.23. The number of rotatable bonds is 2. The van der Waals surface area contributed by atoms with Crippen LogP contribution in [0.15, 0.2) is 30.5 Å². The second kappa shape index (κ2) is 4.14. The van der Waals surface area contributed by atoms with Gasteiger partial charge in [0.05, 0.1) is 6.20 Å². The molecule has 0 bridgehead atoms. The Morgan fingerprint density at radius 2 is 2.00 bits per heavy atom. The predicted molar refractivity (Wildman–Crippen MR) is 69.0 cm³/mol. The van der Waals surface area contributed by atoms with E-state index in [1.54, 1.807) is 6.20 Å². The van der Waals surface area contributed by atoms with Crippen LogP contribution in [0.4, 0.5) is 15.8 Å². The van der Waals surface area contributed by atoms with Crippen LogP contribution in [0.3, 0.4) is 0 Å². The number of aromatic nitrogens is 1. The Morgan fingerprint density at radius 1 is 1.29 bits per heavy atom. The SMILES string of the molecule is Nc1cnc(Nc2ccc(I)cc2)s1. The molecule has 1 aromatic heterocycles. The van der Waals surface area contributed by atoms with E-state index in [1.165, 1.54) is 14.9 Å². The van der Waals surface area contributed by atoms with Crippen molar-refractivity contribution in [3.05, 3.63) is 34.0 Å². The number of nitrogens with one attached hydrogen (secondary N) is 1. The van der Waals surface area contributed by atoms with Gasteiger partial charge in [0.15, 0.2) is 5.13 Å². The summed E-state index contributed by atoms with van der Waals surface area (Å²) in [6.45, 7) is 0. The molecule has 0 saturated heterocycles. The van der Waals surface area contributed by atoms with E-state index in [0.29, 0.717) is 0 Å².